The van der Waals surface area contributed by atoms with Crippen LogP contribution in [0.5, 0.6) is 5.75 Å². The average Bonchev–Trinajstić information content (AvgIpc) is 2.37. The van der Waals surface area contributed by atoms with Crippen LogP contribution in [0.2, 0.25) is 0 Å². The first kappa shape index (κ1) is 15.0. The molecule has 1 aromatic rings. The molecule has 0 saturated heterocycles. The Kier molecular flexibility index (Phi) is 6.15. The van der Waals surface area contributed by atoms with Crippen molar-refractivity contribution < 1.29 is 9.53 Å². The molecule has 5 heteroatoms. The van der Waals surface area contributed by atoms with E-state index in [-0.39, 0.29) is 18.6 Å². The van der Waals surface area contributed by atoms with Gasteiger partial charge in [-0.05, 0) is 37.1 Å². The van der Waals surface area contributed by atoms with E-state index < -0.39 is 0 Å². The number of rotatable bonds is 6. The molecule has 1 amide bonds. The molecular weight excluding hydrogens is 296 g/mol. The number of hydrogen-bond acceptors (Lipinski definition) is 3. The molecule has 3 N–H and O–H groups in total. The summed E-state index contributed by atoms with van der Waals surface area (Å²) in [6.07, 6.45) is 0.904. The number of nitrogens with two attached hydrogens (primary N) is 1. The monoisotopic (exact) mass is 314 g/mol. The Bertz CT molecular complexity index is 410. The van der Waals surface area contributed by atoms with Crippen molar-refractivity contribution in [3.8, 4) is 5.75 Å². The van der Waals surface area contributed by atoms with Crippen molar-refractivity contribution >= 4 is 21.8 Å². The van der Waals surface area contributed by atoms with Crippen LogP contribution in [0.15, 0.2) is 22.7 Å². The Morgan fingerprint density at radius 1 is 1.56 bits per heavy atom. The highest BCUT2D eigenvalue weighted by atomic mass is 79.9. The maximum absolute atomic E-state index is 11.5. The molecule has 0 aliphatic rings. The molecule has 0 fully saturated rings. The van der Waals surface area contributed by atoms with E-state index in [9.17, 15) is 4.79 Å². The highest BCUT2D eigenvalue weighted by Crippen LogP contribution is 2.22. The fourth-order valence-corrected chi connectivity index (χ4v) is 1.77. The maximum atomic E-state index is 11.5. The first-order valence-corrected chi connectivity index (χ1v) is 6.76. The fourth-order valence-electron chi connectivity index (χ4n) is 1.36. The smallest absolute Gasteiger partial charge is 0.258 e. The molecule has 1 unspecified atom stereocenters. The van der Waals surface area contributed by atoms with Crippen LogP contribution in [-0.4, -0.2) is 18.6 Å². The van der Waals surface area contributed by atoms with E-state index in [1.165, 1.54) is 0 Å². The topological polar surface area (TPSA) is 64.3 Å². The van der Waals surface area contributed by atoms with Crippen LogP contribution in [0.4, 0.5) is 0 Å². The number of amides is 1. The summed E-state index contributed by atoms with van der Waals surface area (Å²) in [6.45, 7) is 4.44. The number of nitrogens with one attached hydrogen (secondary N) is 1. The van der Waals surface area contributed by atoms with Crippen molar-refractivity contribution in [1.29, 1.82) is 0 Å². The summed E-state index contributed by atoms with van der Waals surface area (Å²) in [4.78, 5) is 11.5. The molecule has 100 valence electrons. The van der Waals surface area contributed by atoms with Gasteiger partial charge in [0.25, 0.3) is 5.91 Å². The molecule has 0 aromatic heterocycles. The summed E-state index contributed by atoms with van der Waals surface area (Å²) in [6, 6.07) is 5.68. The standard InChI is InChI=1S/C13H19BrN2O2/c1-3-9(2)16-13(17)8-18-11-4-5-12(14)10(6-11)7-15/h4-6,9H,3,7-8,15H2,1-2H3,(H,16,17). The lowest BCUT2D eigenvalue weighted by atomic mass is 10.2. The minimum absolute atomic E-state index is 0.0238. The van der Waals surface area contributed by atoms with Crippen molar-refractivity contribution in [2.45, 2.75) is 32.9 Å². The predicted molar refractivity (Wildman–Crippen MR) is 75.4 cm³/mol. The lowest BCUT2D eigenvalue weighted by molar-refractivity contribution is -0.123. The summed E-state index contributed by atoms with van der Waals surface area (Å²) < 4.78 is 6.37. The molecule has 0 bridgehead atoms. The SMILES string of the molecule is CCC(C)NC(=O)COc1ccc(Br)c(CN)c1. The van der Waals surface area contributed by atoms with Crippen molar-refractivity contribution in [2.24, 2.45) is 5.73 Å². The Hall–Kier alpha value is -1.07. The number of carbonyl (C=O) groups excluding carboxylic acids is 1. The van der Waals surface area contributed by atoms with E-state index in [2.05, 4.69) is 21.2 Å². The number of carbonyl (C=O) groups is 1. The third kappa shape index (κ3) is 4.66. The third-order valence-corrected chi connectivity index (χ3v) is 3.40. The summed E-state index contributed by atoms with van der Waals surface area (Å²) in [5.74, 6) is 0.541. The Balaban J connectivity index is 2.51. The summed E-state index contributed by atoms with van der Waals surface area (Å²) >= 11 is 3.40. The zero-order valence-electron chi connectivity index (χ0n) is 10.7. The first-order chi connectivity index (χ1) is 8.56. The molecule has 4 nitrogen and oxygen atoms in total. The van der Waals surface area contributed by atoms with Gasteiger partial charge in [-0.1, -0.05) is 22.9 Å². The van der Waals surface area contributed by atoms with E-state index in [0.29, 0.717) is 12.3 Å². The van der Waals surface area contributed by atoms with Gasteiger partial charge in [0, 0.05) is 17.1 Å². The highest BCUT2D eigenvalue weighted by Gasteiger charge is 2.07. The Labute approximate surface area is 116 Å². The lowest BCUT2D eigenvalue weighted by Crippen LogP contribution is -2.35. The van der Waals surface area contributed by atoms with Gasteiger partial charge in [-0.25, -0.2) is 0 Å². The van der Waals surface area contributed by atoms with Gasteiger partial charge in [0.15, 0.2) is 6.61 Å². The zero-order chi connectivity index (χ0) is 13.5. The largest absolute Gasteiger partial charge is 0.484 e. The molecule has 1 aromatic carbocycles. The van der Waals surface area contributed by atoms with Gasteiger partial charge in [0.1, 0.15) is 5.75 Å². The van der Waals surface area contributed by atoms with Crippen LogP contribution < -0.4 is 15.8 Å². The summed E-state index contributed by atoms with van der Waals surface area (Å²) in [7, 11) is 0. The second kappa shape index (κ2) is 7.38. The van der Waals surface area contributed by atoms with Crippen molar-refractivity contribution in [3.05, 3.63) is 28.2 Å². The van der Waals surface area contributed by atoms with Crippen LogP contribution in [0, 0.1) is 0 Å². The molecule has 0 saturated carbocycles. The maximum Gasteiger partial charge on any atom is 0.258 e. The van der Waals surface area contributed by atoms with E-state index in [1.54, 1.807) is 6.07 Å². The van der Waals surface area contributed by atoms with E-state index in [4.69, 9.17) is 10.5 Å². The second-order valence-corrected chi connectivity index (χ2v) is 4.98. The molecule has 1 atom stereocenters. The summed E-state index contributed by atoms with van der Waals surface area (Å²) in [5.41, 5.74) is 6.55. The molecular formula is C13H19BrN2O2. The molecule has 0 radical (unpaired) electrons. The van der Waals surface area contributed by atoms with Crippen molar-refractivity contribution in [3.63, 3.8) is 0 Å². The second-order valence-electron chi connectivity index (χ2n) is 4.12. The van der Waals surface area contributed by atoms with Crippen LogP contribution in [0.25, 0.3) is 0 Å². The van der Waals surface area contributed by atoms with Crippen molar-refractivity contribution in [1.82, 2.24) is 5.32 Å². The number of ether oxygens (including phenoxy) is 1. The average molecular weight is 315 g/mol. The van der Waals surface area contributed by atoms with Gasteiger partial charge in [-0.2, -0.15) is 0 Å². The molecule has 0 heterocycles. The quantitative estimate of drug-likeness (QED) is 0.846. The van der Waals surface area contributed by atoms with E-state index >= 15 is 0 Å². The highest BCUT2D eigenvalue weighted by molar-refractivity contribution is 9.10. The van der Waals surface area contributed by atoms with E-state index in [1.807, 2.05) is 26.0 Å². The van der Waals surface area contributed by atoms with Crippen LogP contribution in [-0.2, 0) is 11.3 Å². The van der Waals surface area contributed by atoms with Gasteiger partial charge in [0.05, 0.1) is 0 Å². The van der Waals surface area contributed by atoms with Crippen molar-refractivity contribution in [2.75, 3.05) is 6.61 Å². The minimum Gasteiger partial charge on any atom is -0.484 e. The zero-order valence-corrected chi connectivity index (χ0v) is 12.3. The summed E-state index contributed by atoms with van der Waals surface area (Å²) in [5, 5.41) is 2.84. The van der Waals surface area contributed by atoms with Crippen LogP contribution >= 0.6 is 15.9 Å². The van der Waals surface area contributed by atoms with Gasteiger partial charge in [-0.3, -0.25) is 4.79 Å². The Morgan fingerprint density at radius 3 is 2.89 bits per heavy atom. The molecule has 0 aliphatic heterocycles. The molecule has 0 spiro atoms. The van der Waals surface area contributed by atoms with Crippen LogP contribution in [0.1, 0.15) is 25.8 Å². The third-order valence-electron chi connectivity index (χ3n) is 2.63. The van der Waals surface area contributed by atoms with Crippen LogP contribution in [0.3, 0.4) is 0 Å². The number of hydrogen-bond donors (Lipinski definition) is 2. The first-order valence-electron chi connectivity index (χ1n) is 5.97. The molecule has 18 heavy (non-hydrogen) atoms. The van der Waals surface area contributed by atoms with E-state index in [0.717, 1.165) is 16.5 Å². The fraction of sp³-hybridized carbons (Fsp3) is 0.462. The lowest BCUT2D eigenvalue weighted by Gasteiger charge is -2.12. The Morgan fingerprint density at radius 2 is 2.28 bits per heavy atom. The number of halogens is 1. The van der Waals surface area contributed by atoms with Gasteiger partial charge < -0.3 is 15.8 Å². The minimum atomic E-state index is -0.110. The molecule has 1 rings (SSSR count). The normalized spacial score (nSPS) is 12.0. The molecule has 0 aliphatic carbocycles. The number of benzene rings is 1. The van der Waals surface area contributed by atoms with Gasteiger partial charge in [-0.15, -0.1) is 0 Å². The van der Waals surface area contributed by atoms with Gasteiger partial charge in [0.2, 0.25) is 0 Å². The predicted octanol–water partition coefficient (Wildman–Crippen LogP) is 2.20. The van der Waals surface area contributed by atoms with Gasteiger partial charge >= 0.3 is 0 Å².